The Bertz CT molecular complexity index is 542. The first-order valence-electron chi connectivity index (χ1n) is 10.4. The van der Waals surface area contributed by atoms with Crippen molar-refractivity contribution in [1.29, 1.82) is 0 Å². The molecule has 0 amide bonds. The lowest BCUT2D eigenvalue weighted by Gasteiger charge is -2.07. The smallest absolute Gasteiger partial charge is 0.320 e. The van der Waals surface area contributed by atoms with Crippen LogP contribution in [-0.2, 0) is 14.4 Å². The third-order valence-electron chi connectivity index (χ3n) is 3.82. The molecule has 0 radical (unpaired) electrons. The first kappa shape index (κ1) is 34.1. The molecule has 0 aliphatic rings. The summed E-state index contributed by atoms with van der Waals surface area (Å²) in [4.78, 5) is 34.2. The molecule has 3 atom stereocenters. The van der Waals surface area contributed by atoms with Gasteiger partial charge in [0, 0.05) is 13.2 Å². The molecular formula is C19H42N6O7. The van der Waals surface area contributed by atoms with Crippen molar-refractivity contribution in [3.63, 3.8) is 0 Å². The van der Waals surface area contributed by atoms with E-state index in [2.05, 4.69) is 4.99 Å². The zero-order chi connectivity index (χ0) is 25.7. The lowest BCUT2D eigenvalue weighted by molar-refractivity contribution is -0.139. The second kappa shape index (κ2) is 21.7. The third kappa shape index (κ3) is 27.5. The molecule has 32 heavy (non-hydrogen) atoms. The van der Waals surface area contributed by atoms with Crippen LogP contribution in [0.1, 0.15) is 58.8 Å². The maximum absolute atomic E-state index is 10.3. The fourth-order valence-corrected chi connectivity index (χ4v) is 2.02. The number of hydrogen-bond donors (Lipinski definition) is 9. The Morgan fingerprint density at radius 2 is 1.16 bits per heavy atom. The number of nitrogens with zero attached hydrogens (tertiary/aromatic N) is 1. The molecule has 0 spiro atoms. The molecule has 0 saturated carbocycles. The van der Waals surface area contributed by atoms with E-state index in [0.29, 0.717) is 51.0 Å². The van der Waals surface area contributed by atoms with Crippen LogP contribution < -0.4 is 28.7 Å². The number of aliphatic hydroxyl groups is 1. The van der Waals surface area contributed by atoms with Gasteiger partial charge in [0.25, 0.3) is 0 Å². The summed E-state index contributed by atoms with van der Waals surface area (Å²) in [5.41, 5.74) is 25.9. The van der Waals surface area contributed by atoms with E-state index < -0.39 is 36.0 Å². The SMILES string of the molecule is CC(C)C[C@H](N)C(=O)O.NC(CCCCO)C(=O)O.NC(N)=NCCCC[C@H](N)C(=O)O. The number of aliphatic hydroxyl groups excluding tert-OH is 1. The van der Waals surface area contributed by atoms with Gasteiger partial charge in [-0.25, -0.2) is 0 Å². The summed E-state index contributed by atoms with van der Waals surface area (Å²) in [7, 11) is 0. The van der Waals surface area contributed by atoms with E-state index in [1.165, 1.54) is 0 Å². The Morgan fingerprint density at radius 1 is 0.750 bits per heavy atom. The zero-order valence-corrected chi connectivity index (χ0v) is 19.0. The minimum absolute atomic E-state index is 0.0579. The van der Waals surface area contributed by atoms with Gasteiger partial charge in [-0.3, -0.25) is 19.4 Å². The highest BCUT2D eigenvalue weighted by Crippen LogP contribution is 2.02. The molecular weight excluding hydrogens is 424 g/mol. The number of aliphatic carboxylic acids is 3. The summed E-state index contributed by atoms with van der Waals surface area (Å²) in [5.74, 6) is -2.44. The number of carboxylic acid groups (broad SMARTS) is 3. The van der Waals surface area contributed by atoms with Crippen molar-refractivity contribution in [3.05, 3.63) is 0 Å². The molecule has 0 bridgehead atoms. The standard InChI is InChI=1S/C7H16N4O2.C6H13NO3.C6H13NO2/c8-5(6(12)13)3-1-2-4-11-7(9)10;7-5(6(9)10)3-1-2-4-8;1-4(2)3-5(7)6(8)9/h5H,1-4,8H2,(H,12,13)(H4,9,10,11);5,8H,1-4,7H2,(H,9,10);4-5H,3,7H2,1-2H3,(H,8,9)/t5-;;5-/m0.0/s1. The van der Waals surface area contributed by atoms with Crippen molar-refractivity contribution in [3.8, 4) is 0 Å². The molecule has 13 heteroatoms. The predicted octanol–water partition coefficient (Wildman–Crippen LogP) is -1.15. The van der Waals surface area contributed by atoms with Gasteiger partial charge in [-0.05, 0) is 50.9 Å². The van der Waals surface area contributed by atoms with Gasteiger partial charge in [0.15, 0.2) is 5.96 Å². The van der Waals surface area contributed by atoms with Crippen LogP contribution in [-0.4, -0.2) is 75.6 Å². The highest BCUT2D eigenvalue weighted by Gasteiger charge is 2.12. The summed E-state index contributed by atoms with van der Waals surface area (Å²) in [6, 6.07) is -2.24. The second-order valence-electron chi connectivity index (χ2n) is 7.49. The van der Waals surface area contributed by atoms with E-state index in [0.717, 1.165) is 6.42 Å². The van der Waals surface area contributed by atoms with Crippen LogP contribution in [0.2, 0.25) is 0 Å². The first-order chi connectivity index (χ1) is 14.8. The fraction of sp³-hybridized carbons (Fsp3) is 0.789. The zero-order valence-electron chi connectivity index (χ0n) is 19.0. The number of carbonyl (C=O) groups is 3. The Labute approximate surface area is 189 Å². The molecule has 0 aromatic heterocycles. The van der Waals surface area contributed by atoms with Gasteiger partial charge in [-0.1, -0.05) is 13.8 Å². The van der Waals surface area contributed by atoms with Crippen LogP contribution in [0.5, 0.6) is 0 Å². The van der Waals surface area contributed by atoms with E-state index >= 15 is 0 Å². The van der Waals surface area contributed by atoms with Gasteiger partial charge in [-0.2, -0.15) is 0 Å². The van der Waals surface area contributed by atoms with E-state index in [1.807, 2.05) is 13.8 Å². The van der Waals surface area contributed by atoms with Crippen LogP contribution >= 0.6 is 0 Å². The monoisotopic (exact) mass is 466 g/mol. The fourth-order valence-electron chi connectivity index (χ4n) is 2.02. The highest BCUT2D eigenvalue weighted by molar-refractivity contribution is 5.75. The molecule has 0 aromatic carbocycles. The largest absolute Gasteiger partial charge is 0.480 e. The van der Waals surface area contributed by atoms with Gasteiger partial charge >= 0.3 is 17.9 Å². The molecule has 190 valence electrons. The summed E-state index contributed by atoms with van der Waals surface area (Å²) < 4.78 is 0. The normalized spacial score (nSPS) is 12.8. The van der Waals surface area contributed by atoms with E-state index in [1.54, 1.807) is 0 Å². The number of hydrogen-bond acceptors (Lipinski definition) is 8. The van der Waals surface area contributed by atoms with E-state index in [9.17, 15) is 14.4 Å². The molecule has 0 aliphatic carbocycles. The summed E-state index contributed by atoms with van der Waals surface area (Å²) in [6.07, 6.45) is 4.20. The highest BCUT2D eigenvalue weighted by atomic mass is 16.4. The quantitative estimate of drug-likeness (QED) is 0.0833. The van der Waals surface area contributed by atoms with Gasteiger partial charge < -0.3 is 49.1 Å². The van der Waals surface area contributed by atoms with Crippen molar-refractivity contribution in [1.82, 2.24) is 0 Å². The number of rotatable bonds is 14. The average molecular weight is 467 g/mol. The van der Waals surface area contributed by atoms with Crippen LogP contribution in [0.25, 0.3) is 0 Å². The lowest BCUT2D eigenvalue weighted by Crippen LogP contribution is -2.31. The molecule has 13 nitrogen and oxygen atoms in total. The van der Waals surface area contributed by atoms with Gasteiger partial charge in [0.1, 0.15) is 18.1 Å². The number of unbranched alkanes of at least 4 members (excludes halogenated alkanes) is 2. The van der Waals surface area contributed by atoms with Crippen molar-refractivity contribution in [2.45, 2.75) is 76.9 Å². The Morgan fingerprint density at radius 3 is 1.44 bits per heavy atom. The Balaban J connectivity index is -0.000000403. The average Bonchev–Trinajstić information content (AvgIpc) is 2.67. The predicted molar refractivity (Wildman–Crippen MR) is 122 cm³/mol. The van der Waals surface area contributed by atoms with Gasteiger partial charge in [0.05, 0.1) is 0 Å². The number of guanidine groups is 1. The molecule has 0 aliphatic heterocycles. The summed E-state index contributed by atoms with van der Waals surface area (Å²) >= 11 is 0. The molecule has 0 heterocycles. The van der Waals surface area contributed by atoms with E-state index in [4.69, 9.17) is 49.1 Å². The topological polar surface area (TPSA) is 275 Å². The molecule has 0 fully saturated rings. The Kier molecular flexibility index (Phi) is 23.2. The maximum Gasteiger partial charge on any atom is 0.320 e. The Hall–Kier alpha value is -2.48. The lowest BCUT2D eigenvalue weighted by atomic mass is 10.1. The second-order valence-corrected chi connectivity index (χ2v) is 7.49. The van der Waals surface area contributed by atoms with Crippen LogP contribution in [0, 0.1) is 5.92 Å². The van der Waals surface area contributed by atoms with Gasteiger partial charge in [0.2, 0.25) is 0 Å². The summed E-state index contributed by atoms with van der Waals surface area (Å²) in [6.45, 7) is 4.52. The number of nitrogens with two attached hydrogens (primary N) is 5. The summed E-state index contributed by atoms with van der Waals surface area (Å²) in [5, 5.41) is 33.4. The van der Waals surface area contributed by atoms with Crippen molar-refractivity contribution in [2.24, 2.45) is 39.6 Å². The molecule has 0 saturated heterocycles. The first-order valence-corrected chi connectivity index (χ1v) is 10.4. The molecule has 0 rings (SSSR count). The molecule has 14 N–H and O–H groups in total. The molecule has 0 aromatic rings. The number of carboxylic acids is 3. The number of aliphatic imine (C=N–C) groups is 1. The van der Waals surface area contributed by atoms with E-state index in [-0.39, 0.29) is 12.6 Å². The van der Waals surface area contributed by atoms with Gasteiger partial charge in [-0.15, -0.1) is 0 Å². The minimum Gasteiger partial charge on any atom is -0.480 e. The van der Waals surface area contributed by atoms with Crippen LogP contribution in [0.15, 0.2) is 4.99 Å². The van der Waals surface area contributed by atoms with Crippen molar-refractivity contribution >= 4 is 23.9 Å². The minimum atomic E-state index is -0.974. The van der Waals surface area contributed by atoms with Crippen LogP contribution in [0.3, 0.4) is 0 Å². The van der Waals surface area contributed by atoms with Crippen molar-refractivity contribution in [2.75, 3.05) is 13.2 Å². The maximum atomic E-state index is 10.3. The molecule has 1 unspecified atom stereocenters. The van der Waals surface area contributed by atoms with Crippen LogP contribution in [0.4, 0.5) is 0 Å². The van der Waals surface area contributed by atoms with Crippen molar-refractivity contribution < 1.29 is 34.8 Å². The third-order valence-corrected chi connectivity index (χ3v) is 3.82.